The molecule has 0 radical (unpaired) electrons. The van der Waals surface area contributed by atoms with Gasteiger partial charge in [-0.05, 0) is 51.9 Å². The number of carboxylic acids is 1. The van der Waals surface area contributed by atoms with Crippen molar-refractivity contribution < 1.29 is 20.1 Å². The van der Waals surface area contributed by atoms with Gasteiger partial charge in [0.15, 0.2) is 0 Å². The van der Waals surface area contributed by atoms with Crippen molar-refractivity contribution in [3.63, 3.8) is 0 Å². The number of hydrogen-bond donors (Lipinski definition) is 2. The maximum absolute atomic E-state index is 10.2. The maximum Gasteiger partial charge on any atom is 0.0758 e. The number of carbonyl (C=O) groups is 1. The van der Waals surface area contributed by atoms with Crippen molar-refractivity contribution in [2.75, 3.05) is 0 Å². The highest BCUT2D eigenvalue weighted by Crippen LogP contribution is 2.04. The first-order chi connectivity index (χ1) is 12.5. The van der Waals surface area contributed by atoms with E-state index in [4.69, 9.17) is 5.11 Å². The third-order valence-corrected chi connectivity index (χ3v) is 3.50. The molecule has 0 heterocycles. The average molecular weight is 362 g/mol. The van der Waals surface area contributed by atoms with Gasteiger partial charge in [0.25, 0.3) is 0 Å². The summed E-state index contributed by atoms with van der Waals surface area (Å²) in [6.45, 7) is 1.71. The number of rotatable bonds is 15. The van der Waals surface area contributed by atoms with Crippen LogP contribution in [0.5, 0.6) is 0 Å². The summed E-state index contributed by atoms with van der Waals surface area (Å²) in [5.41, 5.74) is 0. The van der Waals surface area contributed by atoms with E-state index in [1.54, 1.807) is 19.1 Å². The van der Waals surface area contributed by atoms with E-state index in [-0.39, 0.29) is 6.42 Å². The predicted molar refractivity (Wildman–Crippen MR) is 105 cm³/mol. The second-order valence-corrected chi connectivity index (χ2v) is 6.17. The fourth-order valence-corrected chi connectivity index (χ4v) is 2.12. The van der Waals surface area contributed by atoms with E-state index in [9.17, 15) is 15.0 Å². The summed E-state index contributed by atoms with van der Waals surface area (Å²) in [7, 11) is 0. The van der Waals surface area contributed by atoms with Crippen molar-refractivity contribution in [1.29, 1.82) is 0 Å². The fourth-order valence-electron chi connectivity index (χ4n) is 2.12. The third-order valence-electron chi connectivity index (χ3n) is 3.50. The summed E-state index contributed by atoms with van der Waals surface area (Å²) in [5, 5.41) is 29.1. The molecule has 2 N–H and O–H groups in total. The molecule has 4 heteroatoms. The van der Waals surface area contributed by atoms with Crippen molar-refractivity contribution in [3.8, 4) is 0 Å². The largest absolute Gasteiger partial charge is 0.550 e. The number of hydrogen-bond acceptors (Lipinski definition) is 4. The molecule has 0 aliphatic heterocycles. The van der Waals surface area contributed by atoms with Crippen LogP contribution in [-0.2, 0) is 4.79 Å². The van der Waals surface area contributed by atoms with Crippen LogP contribution in [0.1, 0.15) is 58.3 Å². The van der Waals surface area contributed by atoms with Gasteiger partial charge in [-0.2, -0.15) is 0 Å². The molecule has 0 aliphatic carbocycles. The minimum atomic E-state index is -0.968. The van der Waals surface area contributed by atoms with Crippen molar-refractivity contribution in [2.24, 2.45) is 0 Å². The lowest BCUT2D eigenvalue weighted by molar-refractivity contribution is -0.305. The standard InChI is InChI=1S/C22H34O4/c1-20(23)16-12-10-11-14-18-21(24)17-13-8-6-4-2-3-5-7-9-15-19-22(25)26/h2-3,6,8,11-14,16-17,20-21,23-24H,4-5,7,9-10,15,18-19H2,1H3,(H,25,26)/p-1/b3-2-,8-6-,14-11-,16-12-,17-13+/t20?,21-/m1/s1. The molecule has 0 saturated carbocycles. The highest BCUT2D eigenvalue weighted by Gasteiger charge is 1.92. The van der Waals surface area contributed by atoms with Crippen LogP contribution in [-0.4, -0.2) is 28.4 Å². The van der Waals surface area contributed by atoms with Crippen LogP contribution in [0.2, 0.25) is 0 Å². The Bertz CT molecular complexity index is 484. The monoisotopic (exact) mass is 361 g/mol. The van der Waals surface area contributed by atoms with Gasteiger partial charge in [-0.25, -0.2) is 0 Å². The molecular formula is C22H33O4-. The zero-order chi connectivity index (χ0) is 19.5. The molecule has 4 nitrogen and oxygen atoms in total. The molecule has 146 valence electrons. The van der Waals surface area contributed by atoms with Crippen molar-refractivity contribution in [3.05, 3.63) is 60.8 Å². The third kappa shape index (κ3) is 20.1. The van der Waals surface area contributed by atoms with Gasteiger partial charge in [-0.3, -0.25) is 0 Å². The van der Waals surface area contributed by atoms with E-state index in [0.29, 0.717) is 12.8 Å². The minimum absolute atomic E-state index is 0.153. The lowest BCUT2D eigenvalue weighted by Crippen LogP contribution is -2.21. The van der Waals surface area contributed by atoms with Crippen LogP contribution in [0.25, 0.3) is 0 Å². The van der Waals surface area contributed by atoms with Crippen LogP contribution in [0, 0.1) is 0 Å². The Labute approximate surface area is 157 Å². The van der Waals surface area contributed by atoms with E-state index in [2.05, 4.69) is 12.2 Å². The van der Waals surface area contributed by atoms with Crippen molar-refractivity contribution in [2.45, 2.75) is 70.5 Å². The number of aliphatic carboxylic acids is 1. The lowest BCUT2D eigenvalue weighted by Gasteiger charge is -1.99. The number of aliphatic hydroxyl groups excluding tert-OH is 2. The SMILES string of the molecule is CC(O)/C=C\C/C=C\C[C@H](O)/C=C/C=C\C/C=C\CCCCCC(=O)[O-]. The molecule has 0 amide bonds. The van der Waals surface area contributed by atoms with Crippen LogP contribution < -0.4 is 5.11 Å². The zero-order valence-electron chi connectivity index (χ0n) is 15.8. The van der Waals surface area contributed by atoms with E-state index >= 15 is 0 Å². The summed E-state index contributed by atoms with van der Waals surface area (Å²) in [6.07, 6.45) is 24.3. The number of aliphatic hydroxyl groups is 2. The Morgan fingerprint density at radius 1 is 0.885 bits per heavy atom. The fraction of sp³-hybridized carbons (Fsp3) is 0.500. The molecule has 0 rings (SSSR count). The van der Waals surface area contributed by atoms with Crippen LogP contribution >= 0.6 is 0 Å². The Hall–Kier alpha value is -1.91. The number of carbonyl (C=O) groups excluding carboxylic acids is 1. The number of unbranched alkanes of at least 4 members (excludes halogenated alkanes) is 3. The highest BCUT2D eigenvalue weighted by molar-refractivity contribution is 5.64. The van der Waals surface area contributed by atoms with Crippen molar-refractivity contribution >= 4 is 5.97 Å². The summed E-state index contributed by atoms with van der Waals surface area (Å²) < 4.78 is 0. The molecule has 0 spiro atoms. The van der Waals surface area contributed by atoms with Crippen LogP contribution in [0.3, 0.4) is 0 Å². The molecule has 0 fully saturated rings. The van der Waals surface area contributed by atoms with Crippen molar-refractivity contribution in [1.82, 2.24) is 0 Å². The molecule has 1 unspecified atom stereocenters. The van der Waals surface area contributed by atoms with E-state index in [1.165, 1.54) is 0 Å². The lowest BCUT2D eigenvalue weighted by atomic mass is 10.1. The molecule has 2 atom stereocenters. The summed E-state index contributed by atoms with van der Waals surface area (Å²) in [4.78, 5) is 10.2. The van der Waals surface area contributed by atoms with Gasteiger partial charge in [0.1, 0.15) is 0 Å². The Morgan fingerprint density at radius 3 is 2.35 bits per heavy atom. The second-order valence-electron chi connectivity index (χ2n) is 6.17. The second kappa shape index (κ2) is 17.9. The number of allylic oxidation sites excluding steroid dienone is 7. The maximum atomic E-state index is 10.2. The summed E-state index contributed by atoms with van der Waals surface area (Å²) in [5.74, 6) is -0.968. The predicted octanol–water partition coefficient (Wildman–Crippen LogP) is 3.38. The average Bonchev–Trinajstić information content (AvgIpc) is 2.58. The van der Waals surface area contributed by atoms with Gasteiger partial charge in [0.05, 0.1) is 12.2 Å². The first-order valence-corrected chi connectivity index (χ1v) is 9.38. The molecule has 0 aromatic heterocycles. The topological polar surface area (TPSA) is 80.6 Å². The Balaban J connectivity index is 3.65. The smallest absolute Gasteiger partial charge is 0.0758 e. The molecule has 0 saturated heterocycles. The summed E-state index contributed by atoms with van der Waals surface area (Å²) in [6, 6.07) is 0. The normalized spacial score (nSPS) is 15.2. The molecule has 26 heavy (non-hydrogen) atoms. The van der Waals surface area contributed by atoms with Gasteiger partial charge < -0.3 is 20.1 Å². The first-order valence-electron chi connectivity index (χ1n) is 9.38. The zero-order valence-corrected chi connectivity index (χ0v) is 15.8. The van der Waals surface area contributed by atoms with Gasteiger partial charge in [-0.1, -0.05) is 67.2 Å². The number of carboxylic acid groups (broad SMARTS) is 1. The molecule has 0 aliphatic rings. The van der Waals surface area contributed by atoms with Gasteiger partial charge in [0, 0.05) is 5.97 Å². The van der Waals surface area contributed by atoms with Crippen LogP contribution in [0.4, 0.5) is 0 Å². The molecule has 0 bridgehead atoms. The Morgan fingerprint density at radius 2 is 1.62 bits per heavy atom. The molecular weight excluding hydrogens is 328 g/mol. The summed E-state index contributed by atoms with van der Waals surface area (Å²) >= 11 is 0. The van der Waals surface area contributed by atoms with Gasteiger partial charge in [0.2, 0.25) is 0 Å². The van der Waals surface area contributed by atoms with Gasteiger partial charge in [-0.15, -0.1) is 0 Å². The van der Waals surface area contributed by atoms with Crippen LogP contribution in [0.15, 0.2) is 60.8 Å². The minimum Gasteiger partial charge on any atom is -0.550 e. The molecule has 0 aromatic carbocycles. The highest BCUT2D eigenvalue weighted by atomic mass is 16.4. The Kier molecular flexibility index (Phi) is 16.6. The van der Waals surface area contributed by atoms with E-state index in [1.807, 2.05) is 36.5 Å². The molecule has 0 aromatic rings. The van der Waals surface area contributed by atoms with E-state index in [0.717, 1.165) is 32.1 Å². The van der Waals surface area contributed by atoms with Gasteiger partial charge >= 0.3 is 0 Å². The quantitative estimate of drug-likeness (QED) is 0.266. The van der Waals surface area contributed by atoms with E-state index < -0.39 is 18.2 Å². The first kappa shape index (κ1) is 24.1.